The van der Waals surface area contributed by atoms with Crippen molar-refractivity contribution in [3.8, 4) is 5.69 Å². The number of ether oxygens (including phenoxy) is 2. The molecular formula is C16H21N3O2. The number of nitrogens with zero attached hydrogens (tertiary/aromatic N) is 2. The molecule has 1 N–H and O–H groups in total. The molecule has 1 atom stereocenters. The minimum Gasteiger partial charge on any atom is -0.349 e. The summed E-state index contributed by atoms with van der Waals surface area (Å²) in [4.78, 5) is 4.25. The Morgan fingerprint density at radius 3 is 2.62 bits per heavy atom. The SMILES string of the molecule is Cc1nccn1-c1ccc([C@H](C)NCC2OCCO2)cc1. The van der Waals surface area contributed by atoms with Crippen LogP contribution in [0.1, 0.15) is 24.4 Å². The predicted octanol–water partition coefficient (Wildman–Crippen LogP) is 2.20. The van der Waals surface area contributed by atoms with Crippen LogP contribution in [0, 0.1) is 6.92 Å². The molecule has 0 aliphatic carbocycles. The Morgan fingerprint density at radius 2 is 2.00 bits per heavy atom. The molecule has 1 fully saturated rings. The Balaban J connectivity index is 1.62. The van der Waals surface area contributed by atoms with Crippen LogP contribution in [0.15, 0.2) is 36.7 Å². The molecular weight excluding hydrogens is 266 g/mol. The van der Waals surface area contributed by atoms with E-state index in [0.717, 1.165) is 11.5 Å². The number of imidazole rings is 1. The van der Waals surface area contributed by atoms with E-state index in [9.17, 15) is 0 Å². The number of aromatic nitrogens is 2. The lowest BCUT2D eigenvalue weighted by Gasteiger charge is -2.17. The number of nitrogens with one attached hydrogen (secondary N) is 1. The quantitative estimate of drug-likeness (QED) is 0.916. The van der Waals surface area contributed by atoms with Crippen LogP contribution in [0.4, 0.5) is 0 Å². The van der Waals surface area contributed by atoms with Gasteiger partial charge in [-0.1, -0.05) is 12.1 Å². The Bertz CT molecular complexity index is 573. The highest BCUT2D eigenvalue weighted by molar-refractivity contribution is 5.36. The summed E-state index contributed by atoms with van der Waals surface area (Å²) >= 11 is 0. The summed E-state index contributed by atoms with van der Waals surface area (Å²) in [6.45, 7) is 6.25. The highest BCUT2D eigenvalue weighted by Crippen LogP contribution is 2.17. The van der Waals surface area contributed by atoms with E-state index in [1.807, 2.05) is 19.3 Å². The number of rotatable bonds is 5. The number of hydrogen-bond acceptors (Lipinski definition) is 4. The Kier molecular flexibility index (Phi) is 4.34. The van der Waals surface area contributed by atoms with Gasteiger partial charge in [0, 0.05) is 30.7 Å². The second-order valence-electron chi connectivity index (χ2n) is 5.24. The van der Waals surface area contributed by atoms with Gasteiger partial charge >= 0.3 is 0 Å². The first-order valence-corrected chi connectivity index (χ1v) is 7.31. The summed E-state index contributed by atoms with van der Waals surface area (Å²) in [5.41, 5.74) is 2.37. The Labute approximate surface area is 124 Å². The summed E-state index contributed by atoms with van der Waals surface area (Å²) in [7, 11) is 0. The average molecular weight is 287 g/mol. The van der Waals surface area contributed by atoms with E-state index in [0.29, 0.717) is 19.8 Å². The van der Waals surface area contributed by atoms with Gasteiger partial charge in [0.2, 0.25) is 0 Å². The van der Waals surface area contributed by atoms with Crippen LogP contribution < -0.4 is 5.32 Å². The van der Waals surface area contributed by atoms with Gasteiger partial charge in [0.15, 0.2) is 6.29 Å². The molecule has 0 amide bonds. The van der Waals surface area contributed by atoms with Crippen molar-refractivity contribution >= 4 is 0 Å². The summed E-state index contributed by atoms with van der Waals surface area (Å²) in [5, 5.41) is 3.44. The number of hydrogen-bond donors (Lipinski definition) is 1. The molecule has 0 saturated carbocycles. The molecule has 0 bridgehead atoms. The second kappa shape index (κ2) is 6.39. The lowest BCUT2D eigenvalue weighted by atomic mass is 10.1. The molecule has 112 valence electrons. The predicted molar refractivity (Wildman–Crippen MR) is 80.4 cm³/mol. The molecule has 1 aliphatic heterocycles. The first kappa shape index (κ1) is 14.3. The van der Waals surface area contributed by atoms with Crippen molar-refractivity contribution in [3.05, 3.63) is 48.0 Å². The van der Waals surface area contributed by atoms with Crippen molar-refractivity contribution in [1.82, 2.24) is 14.9 Å². The fourth-order valence-electron chi connectivity index (χ4n) is 2.49. The molecule has 1 aromatic heterocycles. The average Bonchev–Trinajstić information content (AvgIpc) is 3.16. The number of benzene rings is 1. The van der Waals surface area contributed by atoms with E-state index >= 15 is 0 Å². The normalized spacial score (nSPS) is 17.2. The van der Waals surface area contributed by atoms with Gasteiger partial charge in [-0.15, -0.1) is 0 Å². The Hall–Kier alpha value is -1.69. The van der Waals surface area contributed by atoms with Gasteiger partial charge in [-0.05, 0) is 31.5 Å². The topological polar surface area (TPSA) is 48.3 Å². The van der Waals surface area contributed by atoms with Crippen molar-refractivity contribution < 1.29 is 9.47 Å². The Morgan fingerprint density at radius 1 is 1.29 bits per heavy atom. The van der Waals surface area contributed by atoms with E-state index in [1.165, 1.54) is 5.56 Å². The molecule has 5 nitrogen and oxygen atoms in total. The van der Waals surface area contributed by atoms with Gasteiger partial charge < -0.3 is 19.4 Å². The third kappa shape index (κ3) is 3.32. The summed E-state index contributed by atoms with van der Waals surface area (Å²) < 4.78 is 12.9. The maximum Gasteiger partial charge on any atom is 0.170 e. The van der Waals surface area contributed by atoms with Crippen molar-refractivity contribution in [2.45, 2.75) is 26.2 Å². The molecule has 5 heteroatoms. The maximum absolute atomic E-state index is 5.43. The standard InChI is InChI=1S/C16H21N3O2/c1-12(18-11-16-20-9-10-21-16)14-3-5-15(6-4-14)19-8-7-17-13(19)2/h3-8,12,16,18H,9-11H2,1-2H3/t12-/m0/s1. The molecule has 1 aromatic carbocycles. The van der Waals surface area contributed by atoms with E-state index in [1.54, 1.807) is 0 Å². The second-order valence-corrected chi connectivity index (χ2v) is 5.24. The summed E-state index contributed by atoms with van der Waals surface area (Å²) in [5.74, 6) is 0.990. The van der Waals surface area contributed by atoms with Crippen molar-refractivity contribution in [2.75, 3.05) is 19.8 Å². The minimum atomic E-state index is -0.111. The smallest absolute Gasteiger partial charge is 0.170 e. The highest BCUT2D eigenvalue weighted by atomic mass is 16.7. The first-order valence-electron chi connectivity index (χ1n) is 7.31. The third-order valence-corrected chi connectivity index (χ3v) is 3.78. The number of aryl methyl sites for hydroxylation is 1. The van der Waals surface area contributed by atoms with Crippen LogP contribution in [0.3, 0.4) is 0 Å². The molecule has 21 heavy (non-hydrogen) atoms. The molecule has 0 spiro atoms. The summed E-state index contributed by atoms with van der Waals surface area (Å²) in [6, 6.07) is 8.77. The first-order chi connectivity index (χ1) is 10.2. The van der Waals surface area contributed by atoms with Crippen LogP contribution in [0.2, 0.25) is 0 Å². The van der Waals surface area contributed by atoms with E-state index in [4.69, 9.17) is 9.47 Å². The fourth-order valence-corrected chi connectivity index (χ4v) is 2.49. The summed E-state index contributed by atoms with van der Waals surface area (Å²) in [6.07, 6.45) is 3.68. The third-order valence-electron chi connectivity index (χ3n) is 3.78. The lowest BCUT2D eigenvalue weighted by molar-refractivity contribution is -0.0403. The largest absolute Gasteiger partial charge is 0.349 e. The van der Waals surface area contributed by atoms with Crippen LogP contribution >= 0.6 is 0 Å². The minimum absolute atomic E-state index is 0.111. The van der Waals surface area contributed by atoms with Crippen molar-refractivity contribution in [3.63, 3.8) is 0 Å². The van der Waals surface area contributed by atoms with Crippen molar-refractivity contribution in [2.24, 2.45) is 0 Å². The lowest BCUT2D eigenvalue weighted by Crippen LogP contribution is -2.29. The van der Waals surface area contributed by atoms with Crippen LogP contribution in [0.25, 0.3) is 5.69 Å². The van der Waals surface area contributed by atoms with Crippen molar-refractivity contribution in [1.29, 1.82) is 0 Å². The van der Waals surface area contributed by atoms with Gasteiger partial charge in [0.05, 0.1) is 13.2 Å². The molecule has 2 aromatic rings. The molecule has 0 unspecified atom stereocenters. The molecule has 3 rings (SSSR count). The molecule has 1 aliphatic rings. The molecule has 0 radical (unpaired) electrons. The van der Waals surface area contributed by atoms with Gasteiger partial charge in [0.1, 0.15) is 5.82 Å². The van der Waals surface area contributed by atoms with Crippen LogP contribution in [-0.4, -0.2) is 35.6 Å². The zero-order valence-electron chi connectivity index (χ0n) is 12.5. The van der Waals surface area contributed by atoms with E-state index in [-0.39, 0.29) is 12.3 Å². The fraction of sp³-hybridized carbons (Fsp3) is 0.438. The van der Waals surface area contributed by atoms with Crippen LogP contribution in [0.5, 0.6) is 0 Å². The molecule has 2 heterocycles. The zero-order chi connectivity index (χ0) is 14.7. The van der Waals surface area contributed by atoms with Gasteiger partial charge in [-0.25, -0.2) is 4.98 Å². The van der Waals surface area contributed by atoms with Gasteiger partial charge in [0.25, 0.3) is 0 Å². The zero-order valence-corrected chi connectivity index (χ0v) is 12.5. The van der Waals surface area contributed by atoms with Crippen LogP contribution in [-0.2, 0) is 9.47 Å². The van der Waals surface area contributed by atoms with E-state index < -0.39 is 0 Å². The van der Waals surface area contributed by atoms with Gasteiger partial charge in [-0.2, -0.15) is 0 Å². The molecule has 1 saturated heterocycles. The highest BCUT2D eigenvalue weighted by Gasteiger charge is 2.16. The monoisotopic (exact) mass is 287 g/mol. The van der Waals surface area contributed by atoms with E-state index in [2.05, 4.69) is 46.1 Å². The van der Waals surface area contributed by atoms with Gasteiger partial charge in [-0.3, -0.25) is 0 Å². The maximum atomic E-state index is 5.43.